The van der Waals surface area contributed by atoms with Gasteiger partial charge in [0.15, 0.2) is 11.6 Å². The molecular formula is C65H41N7S. The Kier molecular flexibility index (Phi) is 10.2. The van der Waals surface area contributed by atoms with Gasteiger partial charge in [0.2, 0.25) is 11.9 Å². The van der Waals surface area contributed by atoms with Crippen LogP contribution >= 0.6 is 11.3 Å². The predicted molar refractivity (Wildman–Crippen MR) is 302 cm³/mol. The number of para-hydroxylation sites is 2. The zero-order valence-electron chi connectivity index (χ0n) is 39.2. The molecule has 73 heavy (non-hydrogen) atoms. The lowest BCUT2D eigenvalue weighted by atomic mass is 10.0. The lowest BCUT2D eigenvalue weighted by molar-refractivity contribution is 1.01. The van der Waals surface area contributed by atoms with Gasteiger partial charge in [-0.15, -0.1) is 11.3 Å². The minimum Gasteiger partial charge on any atom is -0.279 e. The molecule has 0 N–H and O–H groups in total. The molecular weight excluding hydrogens is 911 g/mol. The summed E-state index contributed by atoms with van der Waals surface area (Å²) in [6.07, 6.45) is 0. The van der Waals surface area contributed by atoms with Crippen molar-refractivity contribution in [1.29, 1.82) is 0 Å². The van der Waals surface area contributed by atoms with Gasteiger partial charge in [-0.05, 0) is 69.8 Å². The fourth-order valence-corrected chi connectivity index (χ4v) is 11.4. The minimum atomic E-state index is 0.511. The Morgan fingerprint density at radius 3 is 1.68 bits per heavy atom. The van der Waals surface area contributed by atoms with E-state index < -0.39 is 0 Å². The van der Waals surface area contributed by atoms with E-state index in [4.69, 9.17) is 24.9 Å². The molecule has 0 amide bonds. The van der Waals surface area contributed by atoms with Crippen LogP contribution in [0.15, 0.2) is 249 Å². The molecule has 0 fully saturated rings. The Morgan fingerprint density at radius 2 is 0.973 bits per heavy atom. The third-order valence-corrected chi connectivity index (χ3v) is 14.9. The van der Waals surface area contributed by atoms with Crippen molar-refractivity contribution in [3.05, 3.63) is 249 Å². The van der Waals surface area contributed by atoms with E-state index in [1.54, 1.807) is 11.3 Å². The molecule has 8 heteroatoms. The van der Waals surface area contributed by atoms with E-state index >= 15 is 0 Å². The van der Waals surface area contributed by atoms with Crippen LogP contribution in [0.1, 0.15) is 0 Å². The van der Waals surface area contributed by atoms with Crippen molar-refractivity contribution in [3.63, 3.8) is 0 Å². The summed E-state index contributed by atoms with van der Waals surface area (Å²) in [6.45, 7) is 0. The van der Waals surface area contributed by atoms with E-state index in [9.17, 15) is 0 Å². The molecule has 0 bridgehead atoms. The van der Waals surface area contributed by atoms with E-state index in [1.807, 2.05) is 60.7 Å². The smallest absolute Gasteiger partial charge is 0.238 e. The highest BCUT2D eigenvalue weighted by Gasteiger charge is 2.24. The van der Waals surface area contributed by atoms with Gasteiger partial charge in [0.05, 0.1) is 22.2 Å². The lowest BCUT2D eigenvalue weighted by Crippen LogP contribution is -2.15. The molecule has 4 aromatic heterocycles. The molecule has 10 aromatic carbocycles. The van der Waals surface area contributed by atoms with Gasteiger partial charge < -0.3 is 0 Å². The second-order valence-corrected chi connectivity index (χ2v) is 19.1. The highest BCUT2D eigenvalue weighted by Crippen LogP contribution is 2.44. The van der Waals surface area contributed by atoms with Crippen LogP contribution in [0, 0.1) is 0 Å². The van der Waals surface area contributed by atoms with E-state index in [-0.39, 0.29) is 0 Å². The molecule has 0 unspecified atom stereocenters. The topological polar surface area (TPSA) is 72.6 Å². The van der Waals surface area contributed by atoms with E-state index in [0.29, 0.717) is 23.5 Å². The molecule has 0 aliphatic carbocycles. The Labute approximate surface area is 424 Å². The summed E-state index contributed by atoms with van der Waals surface area (Å²) in [4.78, 5) is 29.9. The zero-order valence-corrected chi connectivity index (χ0v) is 40.0. The largest absolute Gasteiger partial charge is 0.279 e. The van der Waals surface area contributed by atoms with Crippen LogP contribution in [0.4, 0.5) is 17.3 Å². The van der Waals surface area contributed by atoms with Gasteiger partial charge in [-0.25, -0.2) is 15.0 Å². The Bertz CT molecular complexity index is 4310. The molecule has 342 valence electrons. The van der Waals surface area contributed by atoms with Gasteiger partial charge in [0, 0.05) is 59.4 Å². The van der Waals surface area contributed by atoms with Gasteiger partial charge >= 0.3 is 0 Å². The number of hydrogen-bond donors (Lipinski definition) is 0. The van der Waals surface area contributed by atoms with Crippen molar-refractivity contribution in [2.24, 2.45) is 0 Å². The number of thiophene rings is 1. The summed E-state index contributed by atoms with van der Waals surface area (Å²) in [5.74, 6) is 2.31. The van der Waals surface area contributed by atoms with Crippen molar-refractivity contribution in [3.8, 4) is 61.5 Å². The monoisotopic (exact) mass is 951 g/mol. The number of nitrogens with zero attached hydrogens (tertiary/aromatic N) is 7. The average Bonchev–Trinajstić information content (AvgIpc) is 4.06. The summed E-state index contributed by atoms with van der Waals surface area (Å²) < 4.78 is 3.43. The lowest BCUT2D eigenvalue weighted by Gasteiger charge is -2.24. The normalized spacial score (nSPS) is 11.6. The first-order valence-corrected chi connectivity index (χ1v) is 25.1. The van der Waals surface area contributed by atoms with E-state index in [2.05, 4.69) is 198 Å². The first kappa shape index (κ1) is 42.3. The number of fused-ring (bicyclic) bond motifs is 7. The van der Waals surface area contributed by atoms with Crippen molar-refractivity contribution >= 4 is 82.2 Å². The van der Waals surface area contributed by atoms with Crippen molar-refractivity contribution in [2.45, 2.75) is 0 Å². The van der Waals surface area contributed by atoms with Gasteiger partial charge in [-0.3, -0.25) is 9.47 Å². The molecule has 0 aliphatic heterocycles. The van der Waals surface area contributed by atoms with Crippen molar-refractivity contribution in [2.75, 3.05) is 4.90 Å². The molecule has 0 aliphatic rings. The fraction of sp³-hybridized carbons (Fsp3) is 0. The third kappa shape index (κ3) is 7.48. The Balaban J connectivity index is 0.955. The first-order chi connectivity index (χ1) is 36.2. The van der Waals surface area contributed by atoms with E-state index in [0.717, 1.165) is 88.4 Å². The summed E-state index contributed by atoms with van der Waals surface area (Å²) in [5.41, 5.74) is 11.8. The standard InChI is InChI=1S/C65H41N7S/c1-5-19-44(20-6-1)57-41-49-35-39-55-58(61(49)73-57)59(45-21-7-2-8-22-45)67-64(66-55)72-56-31-16-15-28-53(56)54-30-17-29-52(60(54)72)43-33-36-50(37-34-43)71(51-38-32-42-18-13-14-27-48(42)40-51)65-69-62(46-23-9-3-10-24-46)68-63(70-65)47-25-11-4-12-26-47/h1-41H. The Hall–Kier alpha value is -9.63. The van der Waals surface area contributed by atoms with Crippen LogP contribution in [0.5, 0.6) is 0 Å². The van der Waals surface area contributed by atoms with Gasteiger partial charge in [-0.2, -0.15) is 9.97 Å². The number of anilines is 3. The molecule has 4 heterocycles. The summed E-state index contributed by atoms with van der Waals surface area (Å²) in [5, 5.41) is 6.74. The Morgan fingerprint density at radius 1 is 0.384 bits per heavy atom. The van der Waals surface area contributed by atoms with Gasteiger partial charge in [0.25, 0.3) is 0 Å². The third-order valence-electron chi connectivity index (χ3n) is 13.6. The second-order valence-electron chi connectivity index (χ2n) is 18.1. The molecule has 7 nitrogen and oxygen atoms in total. The molecule has 0 atom stereocenters. The summed E-state index contributed by atoms with van der Waals surface area (Å²) in [7, 11) is 0. The number of benzene rings is 10. The highest BCUT2D eigenvalue weighted by molar-refractivity contribution is 7.23. The fourth-order valence-electron chi connectivity index (χ4n) is 10.2. The predicted octanol–water partition coefficient (Wildman–Crippen LogP) is 17.1. The van der Waals surface area contributed by atoms with Crippen LogP contribution in [0.3, 0.4) is 0 Å². The van der Waals surface area contributed by atoms with E-state index in [1.165, 1.54) is 20.5 Å². The van der Waals surface area contributed by atoms with Gasteiger partial charge in [0.1, 0.15) is 0 Å². The quantitative estimate of drug-likeness (QED) is 0.144. The molecule has 0 spiro atoms. The zero-order chi connectivity index (χ0) is 48.2. The van der Waals surface area contributed by atoms with Gasteiger partial charge in [-0.1, -0.05) is 206 Å². The van der Waals surface area contributed by atoms with Crippen LogP contribution in [0.2, 0.25) is 0 Å². The average molecular weight is 952 g/mol. The van der Waals surface area contributed by atoms with Crippen LogP contribution in [0.25, 0.3) is 115 Å². The van der Waals surface area contributed by atoms with Crippen LogP contribution < -0.4 is 4.90 Å². The number of aromatic nitrogens is 6. The van der Waals surface area contributed by atoms with Crippen molar-refractivity contribution in [1.82, 2.24) is 29.5 Å². The minimum absolute atomic E-state index is 0.511. The van der Waals surface area contributed by atoms with Crippen LogP contribution in [-0.4, -0.2) is 29.5 Å². The maximum absolute atomic E-state index is 5.60. The molecule has 14 rings (SSSR count). The summed E-state index contributed by atoms with van der Waals surface area (Å²) >= 11 is 1.80. The molecule has 0 saturated heterocycles. The van der Waals surface area contributed by atoms with Crippen LogP contribution in [-0.2, 0) is 0 Å². The molecule has 0 saturated carbocycles. The summed E-state index contributed by atoms with van der Waals surface area (Å²) in [6, 6.07) is 86.8. The second kappa shape index (κ2) is 17.6. The molecule has 14 aromatic rings. The highest BCUT2D eigenvalue weighted by atomic mass is 32.1. The maximum atomic E-state index is 5.60. The van der Waals surface area contributed by atoms with Crippen molar-refractivity contribution < 1.29 is 0 Å². The first-order valence-electron chi connectivity index (χ1n) is 24.3. The number of rotatable bonds is 9. The molecule has 0 radical (unpaired) electrons. The SMILES string of the molecule is c1ccc(-c2nc(-c3ccccc3)nc(N(c3ccc(-c4cccc5c6ccccc6n(-c6nc(-c7ccccc7)c7c(ccc8cc(-c9ccccc9)sc87)n6)c45)cc3)c3ccc4ccccc4c3)n2)cc1. The maximum Gasteiger partial charge on any atom is 0.238 e. The number of hydrogen-bond acceptors (Lipinski definition) is 7.